The monoisotopic (exact) mass is 2070 g/mol. The Labute approximate surface area is 777 Å². The van der Waals surface area contributed by atoms with E-state index in [0.29, 0.717) is 106 Å². The zero-order chi connectivity index (χ0) is 96.6. The zero-order valence-corrected chi connectivity index (χ0v) is 77.6. The predicted octanol–water partition coefficient (Wildman–Crippen LogP) is 17.7. The summed E-state index contributed by atoms with van der Waals surface area (Å²) in [5.41, 5.74) is -4.37. The van der Waals surface area contributed by atoms with Gasteiger partial charge < -0.3 is 73.4 Å². The molecule has 5 aliphatic heterocycles. The molecule has 2 saturated carbocycles. The largest absolute Gasteiger partial charge is 0.492 e. The van der Waals surface area contributed by atoms with Crippen molar-refractivity contribution in [3.8, 4) is 23.3 Å². The summed E-state index contributed by atoms with van der Waals surface area (Å²) in [6.07, 6.45) is 0.934. The van der Waals surface area contributed by atoms with Crippen LogP contribution < -0.4 is 46.0 Å². The average Bonchev–Trinajstić information content (AvgIpc) is 1.62. The molecular formula is C84H95B3Br3ClF15N13O12. The molecule has 47 heteroatoms. The van der Waals surface area contributed by atoms with Crippen LogP contribution in [0.1, 0.15) is 162 Å². The normalized spacial score (nSPS) is 18.5. The summed E-state index contributed by atoms with van der Waals surface area (Å²) in [7, 11) is 5.15. The predicted molar refractivity (Wildman–Crippen MR) is 473 cm³/mol. The van der Waals surface area contributed by atoms with E-state index in [2.05, 4.69) is 109 Å². The number of nitrogens with one attached hydrogen (secondary N) is 5. The highest BCUT2D eigenvalue weighted by Gasteiger charge is 2.53. The third kappa shape index (κ3) is 34.0. The molecule has 1 unspecified atom stereocenters. The van der Waals surface area contributed by atoms with Gasteiger partial charge in [0.2, 0.25) is 34.7 Å². The van der Waals surface area contributed by atoms with Crippen LogP contribution in [0.4, 0.5) is 77.5 Å². The fourth-order valence-electron chi connectivity index (χ4n) is 13.3. The number of rotatable bonds is 21. The van der Waals surface area contributed by atoms with Crippen molar-refractivity contribution in [2.45, 2.75) is 171 Å². The topological polar surface area (TPSA) is 300 Å². The number of ether oxygens (including phenoxy) is 4. The Morgan fingerprint density at radius 3 is 1.50 bits per heavy atom. The molecule has 0 bridgehead atoms. The van der Waals surface area contributed by atoms with Gasteiger partial charge in [0.1, 0.15) is 28.3 Å². The Bertz CT molecular complexity index is 5120. The minimum absolute atomic E-state index is 0.0206. The quantitative estimate of drug-likeness (QED) is 0.0147. The highest BCUT2D eigenvalue weighted by molar-refractivity contribution is 9.11. The first-order valence-corrected chi connectivity index (χ1v) is 43.9. The first kappa shape index (κ1) is 108. The van der Waals surface area contributed by atoms with E-state index in [0.717, 1.165) is 98.8 Å². The number of carbonyl (C=O) groups excluding carboxylic acids is 4. The first-order valence-electron chi connectivity index (χ1n) is 41.0. The number of halogens is 19. The van der Waals surface area contributed by atoms with E-state index < -0.39 is 81.8 Å². The lowest BCUT2D eigenvalue weighted by molar-refractivity contribution is -0.139. The Hall–Kier alpha value is -8.76. The summed E-state index contributed by atoms with van der Waals surface area (Å²) in [6.45, 7) is 17.8. The molecule has 7 aliphatic rings. The molecule has 710 valence electrons. The highest BCUT2D eigenvalue weighted by atomic mass is 79.9. The molecule has 131 heavy (non-hydrogen) atoms. The van der Waals surface area contributed by atoms with Gasteiger partial charge in [0.25, 0.3) is 14.8 Å². The maximum Gasteiger partial charge on any atom is 0.491 e. The van der Waals surface area contributed by atoms with Crippen LogP contribution >= 0.6 is 59.4 Å². The van der Waals surface area contributed by atoms with Crippen molar-refractivity contribution in [1.29, 1.82) is 0 Å². The van der Waals surface area contributed by atoms with Crippen molar-refractivity contribution in [3.63, 3.8) is 0 Å². The number of piperidine rings is 2. The van der Waals surface area contributed by atoms with E-state index in [1.54, 1.807) is 62.7 Å². The molecule has 7 aromatic rings. The van der Waals surface area contributed by atoms with Gasteiger partial charge in [0.15, 0.2) is 0 Å². The third-order valence-electron chi connectivity index (χ3n) is 21.5. The van der Waals surface area contributed by atoms with Gasteiger partial charge in [0, 0.05) is 95.9 Å². The molecule has 4 atom stereocenters. The van der Waals surface area contributed by atoms with Gasteiger partial charge >= 0.3 is 38.0 Å². The van der Waals surface area contributed by atoms with Crippen molar-refractivity contribution in [2.75, 3.05) is 90.4 Å². The van der Waals surface area contributed by atoms with Crippen LogP contribution in [0.5, 0.6) is 23.3 Å². The van der Waals surface area contributed by atoms with Crippen LogP contribution in [0.25, 0.3) is 5.57 Å². The van der Waals surface area contributed by atoms with Crippen LogP contribution in [-0.4, -0.2) is 197 Å². The number of hydrogen-bond donors (Lipinski definition) is 5. The molecule has 3 saturated heterocycles. The molecule has 2 radical (unpaired) electrons. The Balaban J connectivity index is 0.000000194. The molecule has 0 spiro atoms. The smallest absolute Gasteiger partial charge is 0.491 e. The number of likely N-dealkylation sites (tertiary alicyclic amines) is 1. The highest BCUT2D eigenvalue weighted by Crippen LogP contribution is 2.44. The van der Waals surface area contributed by atoms with Crippen LogP contribution in [0, 0.1) is 11.8 Å². The number of amides is 2. The number of methoxy groups -OCH3 is 2. The van der Waals surface area contributed by atoms with Gasteiger partial charge in [0.05, 0.1) is 102 Å². The molecule has 2 aliphatic carbocycles. The SMILES string of the molecule is CC1(C)OB(C2=CCCN([B]C=O)C2)OC1(C)C.COc1cc(C(F)(F)F)c(Br)cn1.COc1cc(C(F)(F)F)c(C2=CCCN([B]C=O)C2)cn1.C[C@@H](Br)C(=O)Nc1ccc(OCC2CC2)cn1.C[C@@H](C(=O)Nc1ccc(OCC2CC2)cn1)N1CCC[C@@H](c2c[nH]c(=O)cc2C(F)(F)F)C1.FC(F)(F)c1cc(Cl)ncc1Br.O=c1cc(C(F)(F)F)c(C2CCCNC2)c[nH]1. The molecule has 14 rings (SSSR count). The molecular weight excluding hydrogens is 1980 g/mol. The Morgan fingerprint density at radius 1 is 0.588 bits per heavy atom. The minimum Gasteiger partial charge on any atom is -0.492 e. The first-order chi connectivity index (χ1) is 61.5. The van der Waals surface area contributed by atoms with Gasteiger partial charge in [-0.3, -0.25) is 24.1 Å². The number of aromatic nitrogens is 7. The second kappa shape index (κ2) is 48.4. The van der Waals surface area contributed by atoms with E-state index in [4.69, 9.17) is 35.1 Å². The molecule has 0 aromatic carbocycles. The number of hydrogen-bond acceptors (Lipinski definition) is 21. The van der Waals surface area contributed by atoms with Crippen molar-refractivity contribution in [3.05, 3.63) is 195 Å². The van der Waals surface area contributed by atoms with E-state index in [1.165, 1.54) is 53.5 Å². The van der Waals surface area contributed by atoms with Gasteiger partial charge in [-0.05, 0) is 240 Å². The Morgan fingerprint density at radius 2 is 1.05 bits per heavy atom. The number of anilines is 2. The fourth-order valence-corrected chi connectivity index (χ4v) is 14.5. The van der Waals surface area contributed by atoms with Crippen molar-refractivity contribution in [1.82, 2.24) is 54.7 Å². The number of nitrogens with zero attached hydrogens (tertiary/aromatic N) is 8. The van der Waals surface area contributed by atoms with Crippen molar-refractivity contribution in [2.24, 2.45) is 11.8 Å². The summed E-state index contributed by atoms with van der Waals surface area (Å²) < 4.78 is 224. The molecule has 2 amide bonds. The van der Waals surface area contributed by atoms with E-state index >= 15 is 0 Å². The number of H-pyrrole nitrogens is 2. The fraction of sp³-hybridized carbons (Fsp3) is 0.488. The lowest BCUT2D eigenvalue weighted by Crippen LogP contribution is -2.46. The van der Waals surface area contributed by atoms with Crippen LogP contribution in [0.3, 0.4) is 0 Å². The maximum absolute atomic E-state index is 13.5. The van der Waals surface area contributed by atoms with Crippen LogP contribution in [0.2, 0.25) is 5.15 Å². The number of pyridine rings is 7. The van der Waals surface area contributed by atoms with E-state index in [1.807, 2.05) is 43.5 Å². The van der Waals surface area contributed by atoms with Crippen molar-refractivity contribution < 1.29 is 113 Å². The van der Waals surface area contributed by atoms with Crippen LogP contribution in [-0.2, 0) is 59.4 Å². The maximum atomic E-state index is 13.5. The van der Waals surface area contributed by atoms with Gasteiger partial charge in [-0.15, -0.1) is 0 Å². The summed E-state index contributed by atoms with van der Waals surface area (Å²) >= 11 is 14.0. The summed E-state index contributed by atoms with van der Waals surface area (Å²) in [5, 5.41) is 8.35. The molecule has 25 nitrogen and oxygen atoms in total. The van der Waals surface area contributed by atoms with Gasteiger partial charge in [-0.2, -0.15) is 65.9 Å². The second-order valence-corrected chi connectivity index (χ2v) is 35.4. The summed E-state index contributed by atoms with van der Waals surface area (Å²) in [5.74, 6) is 2.52. The number of carbonyl (C=O) groups is 4. The second-order valence-electron chi connectivity index (χ2n) is 31.9. The summed E-state index contributed by atoms with van der Waals surface area (Å²) in [4.78, 5) is 96.9. The Kier molecular flexibility index (Phi) is 39.8. The van der Waals surface area contributed by atoms with Crippen LogP contribution in [0.15, 0.2) is 134 Å². The standard InChI is InChI=1S/C23H27F3N4O3.C13H13BF3N2O2.C12H20B2NO3.C12H15BrN2O2.C11H13F3N2O.C7H5BrF3NO.C6H2BrClF3N/c1-14(22(32)29-20-7-6-17(10-27-20)33-13-15-4-5-15)30-8-2-3-16(12-30)18-11-28-21(31)9-19(18)23(24,25)26;1-21-12-5-11(13(15,16)17)10(6-18-12)9-3-2-4-19(7-9)14-8-20;1-11(2)12(3,4)18-14(17-11)10-6-5-7-15(8-10)13-9-16;1-8(13)12(16)15-11-5-4-10(6-14-11)17-7-9-2-3-9;12-11(13,14)9-4-10(17)16-6-8(9)7-2-1-3-15-5-7;1-13-6-2-4(7(9,10)11)5(8)3-12-6;7-4-2-12-5(8)1-3(4)6(9,10)11/h6-7,9-11,14-16H,2-5,8,12-13H2,1H3,(H,28,31)(H,27,29,32);3,5-6,8H,2,4,7H2,1H3;6,9H,5,7-8H2,1-4H3;4-6,8-9H,2-3,7H2,1H3,(H,14,15,16);4,6-7,15H,1-3,5H2,(H,16,17);2-3H,1H3;1-2H/t14-,16+;;;8-;;;/m0..1.../s1. The van der Waals surface area contributed by atoms with E-state index in [-0.39, 0.29) is 96.5 Å². The average molecular weight is 2070 g/mol. The zero-order valence-electron chi connectivity index (χ0n) is 72.0. The third-order valence-corrected chi connectivity index (χ3v) is 23.4. The number of alkyl halides is 16. The minimum atomic E-state index is -4.62. The molecule has 5 fully saturated rings. The van der Waals surface area contributed by atoms with Crippen molar-refractivity contribution >= 4 is 123 Å². The lowest BCUT2D eigenvalue weighted by Gasteiger charge is -2.36. The summed E-state index contributed by atoms with van der Waals surface area (Å²) in [6, 6.07) is 10.2. The lowest BCUT2D eigenvalue weighted by atomic mass is 9.74. The van der Waals surface area contributed by atoms with Gasteiger partial charge in [-0.1, -0.05) is 39.7 Å². The number of aromatic amines is 2. The molecule has 7 aromatic heterocycles. The van der Waals surface area contributed by atoms with E-state index in [9.17, 15) is 94.6 Å². The molecule has 12 heterocycles. The van der Waals surface area contributed by atoms with Gasteiger partial charge in [-0.25, -0.2) is 24.9 Å². The molecule has 5 N–H and O–H groups in total.